The molecule has 0 radical (unpaired) electrons. The summed E-state index contributed by atoms with van der Waals surface area (Å²) in [5.41, 5.74) is 2.21. The number of sulfonamides is 1. The van der Waals surface area contributed by atoms with Gasteiger partial charge >= 0.3 is 0 Å². The number of thioether (sulfide) groups is 1. The van der Waals surface area contributed by atoms with Gasteiger partial charge in [-0.1, -0.05) is 17.8 Å². The third kappa shape index (κ3) is 4.16. The number of ketones is 1. The Morgan fingerprint density at radius 2 is 2.10 bits per heavy atom. The molecule has 0 spiro atoms. The second-order valence-corrected chi connectivity index (χ2v) is 11.7. The molecule has 0 saturated heterocycles. The number of carbonyl (C=O) groups is 1. The number of aryl methyl sites for hydroxylation is 1. The van der Waals surface area contributed by atoms with Crippen molar-refractivity contribution in [3.63, 3.8) is 0 Å². The molecule has 7 nitrogen and oxygen atoms in total. The molecule has 162 valence electrons. The van der Waals surface area contributed by atoms with Crippen LogP contribution < -0.4 is 4.31 Å². The molecule has 1 saturated carbocycles. The van der Waals surface area contributed by atoms with Crippen LogP contribution in [-0.2, 0) is 16.4 Å². The molecule has 2 aromatic heterocycles. The molecule has 0 unspecified atom stereocenters. The number of nitrogens with zero attached hydrogens (tertiary/aromatic N) is 4. The van der Waals surface area contributed by atoms with E-state index in [-0.39, 0.29) is 11.5 Å². The zero-order valence-electron chi connectivity index (χ0n) is 17.0. The zero-order chi connectivity index (χ0) is 21.6. The maximum atomic E-state index is 12.9. The van der Waals surface area contributed by atoms with E-state index in [0.717, 1.165) is 47.1 Å². The Morgan fingerprint density at radius 1 is 1.26 bits per heavy atom. The Kier molecular flexibility index (Phi) is 5.39. The SMILES string of the molecule is CS(=O)(=O)N1CCCc2cc(C(=O)CSc3nnc(-c4cccs4)n3C3CC3)ccc21. The van der Waals surface area contributed by atoms with E-state index in [2.05, 4.69) is 14.8 Å². The first-order valence-electron chi connectivity index (χ1n) is 10.2. The highest BCUT2D eigenvalue weighted by molar-refractivity contribution is 7.99. The average Bonchev–Trinajstić information content (AvgIpc) is 3.27. The lowest BCUT2D eigenvalue weighted by Gasteiger charge is -2.29. The molecule has 10 heteroatoms. The summed E-state index contributed by atoms with van der Waals surface area (Å²) in [6.07, 6.45) is 4.97. The van der Waals surface area contributed by atoms with E-state index in [1.54, 1.807) is 23.5 Å². The third-order valence-corrected chi connectivity index (χ3v) is 8.52. The van der Waals surface area contributed by atoms with Gasteiger partial charge in [-0.05, 0) is 60.9 Å². The van der Waals surface area contributed by atoms with Gasteiger partial charge in [-0.3, -0.25) is 13.7 Å². The second-order valence-electron chi connectivity index (χ2n) is 7.88. The van der Waals surface area contributed by atoms with Crippen LogP contribution in [0.1, 0.15) is 41.2 Å². The smallest absolute Gasteiger partial charge is 0.232 e. The van der Waals surface area contributed by atoms with Gasteiger partial charge in [0.1, 0.15) is 0 Å². The number of anilines is 1. The Balaban J connectivity index is 1.34. The van der Waals surface area contributed by atoms with Crippen molar-refractivity contribution in [2.45, 2.75) is 36.9 Å². The molecule has 1 aliphatic heterocycles. The number of thiophene rings is 1. The number of hydrogen-bond acceptors (Lipinski definition) is 7. The number of carbonyl (C=O) groups excluding carboxylic acids is 1. The second kappa shape index (κ2) is 8.07. The molecule has 0 bridgehead atoms. The minimum atomic E-state index is -3.31. The molecule has 3 aromatic rings. The standard InChI is InChI=1S/C21H22N4O3S3/c1-31(27,28)24-10-2-4-14-12-15(6-9-17(14)24)18(26)13-30-21-23-22-20(19-5-3-11-29-19)25(21)16-7-8-16/h3,5-6,9,11-12,16H,2,4,7-8,10,13H2,1H3. The van der Waals surface area contributed by atoms with E-state index in [1.807, 2.05) is 23.6 Å². The predicted molar refractivity (Wildman–Crippen MR) is 124 cm³/mol. The first-order valence-corrected chi connectivity index (χ1v) is 13.9. The van der Waals surface area contributed by atoms with Crippen LogP contribution in [0.5, 0.6) is 0 Å². The maximum Gasteiger partial charge on any atom is 0.232 e. The third-order valence-electron chi connectivity index (χ3n) is 5.53. The van der Waals surface area contributed by atoms with E-state index in [1.165, 1.54) is 22.3 Å². The molecule has 0 amide bonds. The summed E-state index contributed by atoms with van der Waals surface area (Å²) < 4.78 is 27.7. The van der Waals surface area contributed by atoms with E-state index >= 15 is 0 Å². The van der Waals surface area contributed by atoms with Crippen molar-refractivity contribution in [1.29, 1.82) is 0 Å². The lowest BCUT2D eigenvalue weighted by atomic mass is 9.99. The highest BCUT2D eigenvalue weighted by Gasteiger charge is 2.31. The molecule has 31 heavy (non-hydrogen) atoms. The molecule has 1 aromatic carbocycles. The Bertz CT molecular complexity index is 1230. The highest BCUT2D eigenvalue weighted by atomic mass is 32.2. The van der Waals surface area contributed by atoms with Crippen molar-refractivity contribution in [2.75, 3.05) is 22.9 Å². The normalized spacial score (nSPS) is 16.4. The Labute approximate surface area is 189 Å². The number of hydrogen-bond donors (Lipinski definition) is 0. The lowest BCUT2D eigenvalue weighted by molar-refractivity contribution is 0.102. The van der Waals surface area contributed by atoms with Crippen LogP contribution in [0.25, 0.3) is 10.7 Å². The van der Waals surface area contributed by atoms with Gasteiger partial charge in [-0.2, -0.15) is 0 Å². The van der Waals surface area contributed by atoms with Gasteiger partial charge in [0.05, 0.1) is 22.6 Å². The van der Waals surface area contributed by atoms with Gasteiger partial charge in [0.15, 0.2) is 16.8 Å². The summed E-state index contributed by atoms with van der Waals surface area (Å²) in [4.78, 5) is 14.0. The summed E-state index contributed by atoms with van der Waals surface area (Å²) in [6, 6.07) is 9.79. The summed E-state index contributed by atoms with van der Waals surface area (Å²) in [5.74, 6) is 1.15. The molecule has 5 rings (SSSR count). The first kappa shape index (κ1) is 20.7. The quantitative estimate of drug-likeness (QED) is 0.380. The van der Waals surface area contributed by atoms with Gasteiger partial charge in [-0.25, -0.2) is 8.42 Å². The fourth-order valence-corrected chi connectivity index (χ4v) is 6.51. The van der Waals surface area contributed by atoms with Crippen molar-refractivity contribution >= 4 is 44.6 Å². The Morgan fingerprint density at radius 3 is 2.81 bits per heavy atom. The topological polar surface area (TPSA) is 85.2 Å². The van der Waals surface area contributed by atoms with Crippen molar-refractivity contribution in [3.8, 4) is 10.7 Å². The summed E-state index contributed by atoms with van der Waals surface area (Å²) in [7, 11) is -3.31. The summed E-state index contributed by atoms with van der Waals surface area (Å²) >= 11 is 3.06. The molecule has 1 aliphatic carbocycles. The fourth-order valence-electron chi connectivity index (χ4n) is 3.91. The molecule has 0 atom stereocenters. The van der Waals surface area contributed by atoms with Crippen molar-refractivity contribution < 1.29 is 13.2 Å². The van der Waals surface area contributed by atoms with Crippen LogP contribution in [0.15, 0.2) is 40.9 Å². The van der Waals surface area contributed by atoms with E-state index in [0.29, 0.717) is 23.8 Å². The predicted octanol–water partition coefficient (Wildman–Crippen LogP) is 4.03. The molecule has 2 aliphatic rings. The average molecular weight is 475 g/mol. The molecule has 1 fully saturated rings. The summed E-state index contributed by atoms with van der Waals surface area (Å²) in [6.45, 7) is 0.485. The van der Waals surface area contributed by atoms with Crippen LogP contribution in [0.2, 0.25) is 0 Å². The van der Waals surface area contributed by atoms with Gasteiger partial charge in [0.25, 0.3) is 0 Å². The van der Waals surface area contributed by atoms with Crippen LogP contribution in [0, 0.1) is 0 Å². The first-order chi connectivity index (χ1) is 14.9. The van der Waals surface area contributed by atoms with E-state index < -0.39 is 10.0 Å². The molecule has 3 heterocycles. The number of aromatic nitrogens is 3. The zero-order valence-corrected chi connectivity index (χ0v) is 19.5. The largest absolute Gasteiger partial charge is 0.298 e. The van der Waals surface area contributed by atoms with Crippen molar-refractivity contribution in [3.05, 3.63) is 46.8 Å². The maximum absolute atomic E-state index is 12.9. The highest BCUT2D eigenvalue weighted by Crippen LogP contribution is 2.42. The lowest BCUT2D eigenvalue weighted by Crippen LogP contribution is -2.34. The fraction of sp³-hybridized carbons (Fsp3) is 0.381. The van der Waals surface area contributed by atoms with Crippen LogP contribution in [0.3, 0.4) is 0 Å². The van der Waals surface area contributed by atoms with Crippen molar-refractivity contribution in [2.24, 2.45) is 0 Å². The molecule has 0 N–H and O–H groups in total. The number of rotatable bonds is 7. The number of benzene rings is 1. The van der Waals surface area contributed by atoms with Gasteiger partial charge in [-0.15, -0.1) is 21.5 Å². The van der Waals surface area contributed by atoms with Crippen molar-refractivity contribution in [1.82, 2.24) is 14.8 Å². The van der Waals surface area contributed by atoms with Crippen LogP contribution in [0.4, 0.5) is 5.69 Å². The van der Waals surface area contributed by atoms with Crippen LogP contribution >= 0.6 is 23.1 Å². The van der Waals surface area contributed by atoms with E-state index in [4.69, 9.17) is 0 Å². The minimum absolute atomic E-state index is 0.00676. The minimum Gasteiger partial charge on any atom is -0.298 e. The Hall–Kier alpha value is -2.17. The van der Waals surface area contributed by atoms with E-state index in [9.17, 15) is 13.2 Å². The number of Topliss-reactive ketones (excluding diaryl/α,β-unsaturated/α-hetero) is 1. The number of fused-ring (bicyclic) bond motifs is 1. The monoisotopic (exact) mass is 474 g/mol. The van der Waals surface area contributed by atoms with Gasteiger partial charge in [0.2, 0.25) is 10.0 Å². The van der Waals surface area contributed by atoms with Gasteiger partial charge < -0.3 is 0 Å². The molecular formula is C21H22N4O3S3. The molecular weight excluding hydrogens is 452 g/mol. The van der Waals surface area contributed by atoms with Gasteiger partial charge in [0, 0.05) is 18.2 Å². The van der Waals surface area contributed by atoms with Crippen LogP contribution in [-0.4, -0.2) is 47.5 Å². The summed E-state index contributed by atoms with van der Waals surface area (Å²) in [5, 5.41) is 11.6.